The second kappa shape index (κ2) is 12.7. The van der Waals surface area contributed by atoms with E-state index < -0.39 is 0 Å². The molecule has 0 unspecified atom stereocenters. The molecule has 0 bridgehead atoms. The van der Waals surface area contributed by atoms with Gasteiger partial charge in [0.1, 0.15) is 0 Å². The Labute approximate surface area is 124 Å². The van der Waals surface area contributed by atoms with Crippen molar-refractivity contribution in [2.24, 2.45) is 11.7 Å². The zero-order valence-electron chi connectivity index (χ0n) is 12.2. The van der Waals surface area contributed by atoms with Crippen molar-refractivity contribution in [3.8, 4) is 0 Å². The molecule has 0 atom stereocenters. The van der Waals surface area contributed by atoms with Crippen molar-refractivity contribution in [1.82, 2.24) is 5.32 Å². The molecule has 3 nitrogen and oxygen atoms in total. The molecular formula is C15H31ClN2O. The van der Waals surface area contributed by atoms with Crippen LogP contribution in [-0.4, -0.2) is 19.0 Å². The van der Waals surface area contributed by atoms with Crippen LogP contribution in [0.5, 0.6) is 0 Å². The van der Waals surface area contributed by atoms with E-state index in [1.165, 1.54) is 38.5 Å². The molecule has 1 fully saturated rings. The minimum absolute atomic E-state index is 0. The average molecular weight is 291 g/mol. The molecule has 0 aliphatic heterocycles. The summed E-state index contributed by atoms with van der Waals surface area (Å²) in [5.41, 5.74) is 5.43. The van der Waals surface area contributed by atoms with Crippen LogP contribution in [0.25, 0.3) is 0 Å². The normalized spacial score (nSPS) is 15.8. The van der Waals surface area contributed by atoms with Crippen molar-refractivity contribution in [3.05, 3.63) is 0 Å². The molecule has 1 aliphatic rings. The van der Waals surface area contributed by atoms with Crippen LogP contribution in [0.4, 0.5) is 0 Å². The largest absolute Gasteiger partial charge is 0.356 e. The Morgan fingerprint density at radius 3 is 2.42 bits per heavy atom. The molecule has 0 saturated heterocycles. The van der Waals surface area contributed by atoms with Gasteiger partial charge in [0.25, 0.3) is 0 Å². The lowest BCUT2D eigenvalue weighted by atomic mass is 9.87. The summed E-state index contributed by atoms with van der Waals surface area (Å²) in [5.74, 6) is 1.10. The van der Waals surface area contributed by atoms with Gasteiger partial charge in [-0.1, -0.05) is 44.9 Å². The number of carbonyl (C=O) groups is 1. The summed E-state index contributed by atoms with van der Waals surface area (Å²) >= 11 is 0. The smallest absolute Gasteiger partial charge is 0.219 e. The number of unbranched alkanes of at least 4 members (excludes halogenated alkanes) is 3. The first-order valence-electron chi connectivity index (χ1n) is 7.79. The van der Waals surface area contributed by atoms with Crippen LogP contribution in [-0.2, 0) is 4.79 Å². The third-order valence-corrected chi connectivity index (χ3v) is 3.96. The number of hydrogen-bond acceptors (Lipinski definition) is 2. The lowest BCUT2D eigenvalue weighted by Gasteiger charge is -2.21. The number of nitrogens with one attached hydrogen (secondary N) is 1. The van der Waals surface area contributed by atoms with E-state index in [4.69, 9.17) is 5.73 Å². The molecule has 3 N–H and O–H groups in total. The maximum Gasteiger partial charge on any atom is 0.219 e. The van der Waals surface area contributed by atoms with Gasteiger partial charge in [-0.2, -0.15) is 0 Å². The summed E-state index contributed by atoms with van der Waals surface area (Å²) in [6.45, 7) is 1.65. The van der Waals surface area contributed by atoms with E-state index in [9.17, 15) is 4.79 Å². The van der Waals surface area contributed by atoms with E-state index >= 15 is 0 Å². The fourth-order valence-corrected chi connectivity index (χ4v) is 2.76. The number of amides is 1. The van der Waals surface area contributed by atoms with Crippen molar-refractivity contribution < 1.29 is 4.79 Å². The summed E-state index contributed by atoms with van der Waals surface area (Å²) in [4.78, 5) is 11.6. The number of rotatable bonds is 9. The first-order valence-corrected chi connectivity index (χ1v) is 7.79. The lowest BCUT2D eigenvalue weighted by molar-refractivity contribution is -0.121. The Kier molecular flexibility index (Phi) is 12.6. The zero-order valence-corrected chi connectivity index (χ0v) is 13.0. The average Bonchev–Trinajstić information content (AvgIpc) is 2.40. The van der Waals surface area contributed by atoms with Gasteiger partial charge in [-0.05, 0) is 31.7 Å². The summed E-state index contributed by atoms with van der Waals surface area (Å²) in [5, 5.41) is 3.06. The van der Waals surface area contributed by atoms with Gasteiger partial charge in [-0.25, -0.2) is 0 Å². The topological polar surface area (TPSA) is 55.1 Å². The highest BCUT2D eigenvalue weighted by Gasteiger charge is 2.13. The SMILES string of the molecule is Cl.NCCCCCCC(=O)NCCC1CCCCC1. The van der Waals surface area contributed by atoms with Gasteiger partial charge in [0.2, 0.25) is 5.91 Å². The molecule has 19 heavy (non-hydrogen) atoms. The van der Waals surface area contributed by atoms with Gasteiger partial charge in [0, 0.05) is 13.0 Å². The van der Waals surface area contributed by atoms with Crippen molar-refractivity contribution in [3.63, 3.8) is 0 Å². The van der Waals surface area contributed by atoms with E-state index in [0.717, 1.165) is 44.7 Å². The predicted octanol–water partition coefficient (Wildman–Crippen LogP) is 3.40. The van der Waals surface area contributed by atoms with Gasteiger partial charge in [-0.15, -0.1) is 12.4 Å². The Bertz CT molecular complexity index is 218. The molecule has 114 valence electrons. The van der Waals surface area contributed by atoms with Crippen LogP contribution in [0.15, 0.2) is 0 Å². The molecule has 0 spiro atoms. The summed E-state index contributed by atoms with van der Waals surface area (Å²) in [6.07, 6.45) is 13.2. The summed E-state index contributed by atoms with van der Waals surface area (Å²) in [6, 6.07) is 0. The van der Waals surface area contributed by atoms with Crippen LogP contribution in [0, 0.1) is 5.92 Å². The van der Waals surface area contributed by atoms with Crippen LogP contribution < -0.4 is 11.1 Å². The first kappa shape index (κ1) is 18.7. The molecule has 0 radical (unpaired) electrons. The van der Waals surface area contributed by atoms with Crippen molar-refractivity contribution in [2.45, 2.75) is 70.6 Å². The van der Waals surface area contributed by atoms with Gasteiger partial charge in [0.05, 0.1) is 0 Å². The van der Waals surface area contributed by atoms with Gasteiger partial charge in [0.15, 0.2) is 0 Å². The lowest BCUT2D eigenvalue weighted by Crippen LogP contribution is -2.26. The third kappa shape index (κ3) is 10.2. The third-order valence-electron chi connectivity index (χ3n) is 3.96. The number of hydrogen-bond donors (Lipinski definition) is 2. The summed E-state index contributed by atoms with van der Waals surface area (Å²) in [7, 11) is 0. The van der Waals surface area contributed by atoms with Crippen LogP contribution in [0.3, 0.4) is 0 Å². The maximum absolute atomic E-state index is 11.6. The van der Waals surface area contributed by atoms with Crippen LogP contribution >= 0.6 is 12.4 Å². The maximum atomic E-state index is 11.6. The predicted molar refractivity (Wildman–Crippen MR) is 83.6 cm³/mol. The molecule has 1 saturated carbocycles. The van der Waals surface area contributed by atoms with Crippen LogP contribution in [0.2, 0.25) is 0 Å². The number of nitrogens with two attached hydrogens (primary N) is 1. The Morgan fingerprint density at radius 1 is 1.05 bits per heavy atom. The molecule has 0 aromatic rings. The second-order valence-electron chi connectivity index (χ2n) is 5.60. The van der Waals surface area contributed by atoms with E-state index in [2.05, 4.69) is 5.32 Å². The van der Waals surface area contributed by atoms with E-state index in [0.29, 0.717) is 6.42 Å². The van der Waals surface area contributed by atoms with Crippen LogP contribution in [0.1, 0.15) is 70.6 Å². The highest BCUT2D eigenvalue weighted by Crippen LogP contribution is 2.25. The molecular weight excluding hydrogens is 260 g/mol. The minimum Gasteiger partial charge on any atom is -0.356 e. The molecule has 4 heteroatoms. The van der Waals surface area contributed by atoms with E-state index in [-0.39, 0.29) is 18.3 Å². The Morgan fingerprint density at radius 2 is 1.74 bits per heavy atom. The highest BCUT2D eigenvalue weighted by molar-refractivity contribution is 5.85. The first-order chi connectivity index (χ1) is 8.83. The minimum atomic E-state index is 0. The van der Waals surface area contributed by atoms with Gasteiger partial charge >= 0.3 is 0 Å². The second-order valence-corrected chi connectivity index (χ2v) is 5.60. The molecule has 1 aliphatic carbocycles. The standard InChI is InChI=1S/C15H30N2O.ClH/c16-12-7-2-1-6-10-15(18)17-13-11-14-8-4-3-5-9-14;/h14H,1-13,16H2,(H,17,18);1H. The summed E-state index contributed by atoms with van der Waals surface area (Å²) < 4.78 is 0. The Hall–Kier alpha value is -0.280. The fraction of sp³-hybridized carbons (Fsp3) is 0.933. The molecule has 0 aromatic carbocycles. The fourth-order valence-electron chi connectivity index (χ4n) is 2.76. The molecule has 0 aromatic heterocycles. The number of halogens is 1. The quantitative estimate of drug-likeness (QED) is 0.640. The molecule has 1 rings (SSSR count). The van der Waals surface area contributed by atoms with Crippen molar-refractivity contribution in [2.75, 3.05) is 13.1 Å². The van der Waals surface area contributed by atoms with Crippen molar-refractivity contribution >= 4 is 18.3 Å². The van der Waals surface area contributed by atoms with Gasteiger partial charge in [-0.3, -0.25) is 4.79 Å². The number of carbonyl (C=O) groups excluding carboxylic acids is 1. The monoisotopic (exact) mass is 290 g/mol. The van der Waals surface area contributed by atoms with Crippen molar-refractivity contribution in [1.29, 1.82) is 0 Å². The van der Waals surface area contributed by atoms with Gasteiger partial charge < -0.3 is 11.1 Å². The zero-order chi connectivity index (χ0) is 13.1. The highest BCUT2D eigenvalue weighted by atomic mass is 35.5. The Balaban J connectivity index is 0.00000324. The molecule has 1 amide bonds. The van der Waals surface area contributed by atoms with E-state index in [1.807, 2.05) is 0 Å². The van der Waals surface area contributed by atoms with E-state index in [1.54, 1.807) is 0 Å². The molecule has 0 heterocycles.